The molecular weight excluding hydrogens is 657 g/mol. The van der Waals surface area contributed by atoms with E-state index in [2.05, 4.69) is 25.5 Å². The Kier molecular flexibility index (Phi) is 11.9. The number of nitrogens with zero attached hydrogens (tertiary/aromatic N) is 4. The van der Waals surface area contributed by atoms with Gasteiger partial charge in [0.25, 0.3) is 5.91 Å². The van der Waals surface area contributed by atoms with Crippen molar-refractivity contribution >= 4 is 40.7 Å². The molecule has 2 aromatic heterocycles. The first-order valence-electron chi connectivity index (χ1n) is 17.3. The molecule has 5 rings (SSSR count). The monoisotopic (exact) mass is 704 g/mol. The Labute approximate surface area is 297 Å². The van der Waals surface area contributed by atoms with Gasteiger partial charge in [-0.05, 0) is 61.1 Å². The SMILES string of the molecule is Cc1ncsc1-c1ccc(CNC(=O)[C@@H]2C[C@@H](O)CN2C(=O)[C@@H](NC(=O)c2cncc(N3CCC(CCCC(=O)O)CC3)c2)C(C)(C)C)cc1. The third-order valence-electron chi connectivity index (χ3n) is 9.65. The third-order valence-corrected chi connectivity index (χ3v) is 10.6. The van der Waals surface area contributed by atoms with Gasteiger partial charge in [0.05, 0.1) is 39.6 Å². The van der Waals surface area contributed by atoms with Crippen molar-refractivity contribution in [2.75, 3.05) is 24.5 Å². The van der Waals surface area contributed by atoms with E-state index in [4.69, 9.17) is 5.11 Å². The lowest BCUT2D eigenvalue weighted by atomic mass is 9.85. The summed E-state index contributed by atoms with van der Waals surface area (Å²) in [6.07, 6.45) is 6.07. The summed E-state index contributed by atoms with van der Waals surface area (Å²) in [5.74, 6) is -1.53. The van der Waals surface area contributed by atoms with Crippen LogP contribution < -0.4 is 15.5 Å². The number of aromatic nitrogens is 2. The van der Waals surface area contributed by atoms with Crippen molar-refractivity contribution in [1.82, 2.24) is 25.5 Å². The van der Waals surface area contributed by atoms with Crippen LogP contribution in [0.3, 0.4) is 0 Å². The van der Waals surface area contributed by atoms with Crippen LogP contribution in [0.4, 0.5) is 5.69 Å². The van der Waals surface area contributed by atoms with E-state index in [1.807, 2.05) is 57.5 Å². The number of nitrogens with one attached hydrogen (secondary N) is 2. The van der Waals surface area contributed by atoms with Gasteiger partial charge in [-0.3, -0.25) is 24.2 Å². The highest BCUT2D eigenvalue weighted by molar-refractivity contribution is 7.13. The van der Waals surface area contributed by atoms with Gasteiger partial charge >= 0.3 is 5.97 Å². The number of anilines is 1. The van der Waals surface area contributed by atoms with Crippen molar-refractivity contribution in [3.8, 4) is 10.4 Å². The molecule has 0 saturated carbocycles. The van der Waals surface area contributed by atoms with E-state index in [-0.39, 0.29) is 31.8 Å². The topological polar surface area (TPSA) is 165 Å². The molecule has 12 nitrogen and oxygen atoms in total. The largest absolute Gasteiger partial charge is 0.481 e. The van der Waals surface area contributed by atoms with Crippen molar-refractivity contribution in [3.05, 3.63) is 65.1 Å². The van der Waals surface area contributed by atoms with Gasteiger partial charge in [0, 0.05) is 45.2 Å². The summed E-state index contributed by atoms with van der Waals surface area (Å²) in [4.78, 5) is 65.3. The van der Waals surface area contributed by atoms with Gasteiger partial charge in [-0.1, -0.05) is 45.0 Å². The second-order valence-corrected chi connectivity index (χ2v) is 15.4. The normalized spacial score (nSPS) is 18.9. The van der Waals surface area contributed by atoms with Crippen LogP contribution in [0.15, 0.2) is 48.2 Å². The molecule has 3 aromatic rings. The first-order chi connectivity index (χ1) is 23.8. The van der Waals surface area contributed by atoms with Crippen LogP contribution in [0, 0.1) is 18.3 Å². The minimum Gasteiger partial charge on any atom is -0.481 e. The molecule has 50 heavy (non-hydrogen) atoms. The Morgan fingerprint density at radius 3 is 2.44 bits per heavy atom. The molecule has 268 valence electrons. The number of amides is 3. The predicted molar refractivity (Wildman–Crippen MR) is 192 cm³/mol. The maximum atomic E-state index is 14.1. The Bertz CT molecular complexity index is 1660. The molecule has 4 N–H and O–H groups in total. The van der Waals surface area contributed by atoms with E-state index in [0.717, 1.165) is 59.7 Å². The van der Waals surface area contributed by atoms with E-state index >= 15 is 0 Å². The van der Waals surface area contributed by atoms with Gasteiger partial charge in [-0.15, -0.1) is 11.3 Å². The van der Waals surface area contributed by atoms with Crippen LogP contribution in [0.1, 0.15) is 80.9 Å². The minimum atomic E-state index is -0.969. The zero-order chi connectivity index (χ0) is 36.0. The first kappa shape index (κ1) is 36.9. The number of carbonyl (C=O) groups excluding carboxylic acids is 3. The number of benzene rings is 1. The zero-order valence-corrected chi connectivity index (χ0v) is 30.0. The Balaban J connectivity index is 1.20. The Hall–Kier alpha value is -4.36. The van der Waals surface area contributed by atoms with Crippen LogP contribution in [0.2, 0.25) is 0 Å². The number of rotatable bonds is 12. The number of hydrogen-bond donors (Lipinski definition) is 4. The van der Waals surface area contributed by atoms with Crippen LogP contribution >= 0.6 is 11.3 Å². The molecule has 1 aromatic carbocycles. The fraction of sp³-hybridized carbons (Fsp3) is 0.514. The number of carboxylic acids is 1. The quantitative estimate of drug-likeness (QED) is 0.214. The molecule has 2 saturated heterocycles. The molecule has 2 aliphatic rings. The minimum absolute atomic E-state index is 0.00836. The fourth-order valence-corrected chi connectivity index (χ4v) is 7.55. The van der Waals surface area contributed by atoms with Gasteiger partial charge in [-0.2, -0.15) is 0 Å². The summed E-state index contributed by atoms with van der Waals surface area (Å²) >= 11 is 1.58. The number of carbonyl (C=O) groups is 4. The average molecular weight is 705 g/mol. The summed E-state index contributed by atoms with van der Waals surface area (Å²) in [6.45, 7) is 9.35. The summed E-state index contributed by atoms with van der Waals surface area (Å²) < 4.78 is 0. The van der Waals surface area contributed by atoms with Crippen molar-refractivity contribution < 1.29 is 29.4 Å². The average Bonchev–Trinajstić information content (AvgIpc) is 3.70. The van der Waals surface area contributed by atoms with E-state index < -0.39 is 41.4 Å². The second kappa shape index (κ2) is 16.1. The van der Waals surface area contributed by atoms with Crippen LogP contribution in [0.25, 0.3) is 10.4 Å². The standard InChI is InChI=1S/C37H48N6O6S/c1-23-32(50-22-40-23)26-10-8-25(9-11-26)18-39-35(48)30-17-29(44)21-43(30)36(49)33(37(2,3)4)41-34(47)27-16-28(20-38-19-27)42-14-12-24(13-15-42)6-5-7-31(45)46/h8-11,16,19-20,22,24,29-30,33,44H,5-7,12-15,17-18,21H2,1-4H3,(H,39,48)(H,41,47)(H,45,46)/t29-,30+,33-/m1/s1. The number of likely N-dealkylation sites (tertiary alicyclic amines) is 1. The Morgan fingerprint density at radius 2 is 1.80 bits per heavy atom. The number of thiazole rings is 1. The first-order valence-corrected chi connectivity index (χ1v) is 18.2. The number of pyridine rings is 1. The molecule has 3 atom stereocenters. The predicted octanol–water partition coefficient (Wildman–Crippen LogP) is 4.41. The molecule has 2 aliphatic heterocycles. The van der Waals surface area contributed by atoms with Gasteiger partial charge < -0.3 is 30.6 Å². The molecular formula is C37H48N6O6S. The second-order valence-electron chi connectivity index (χ2n) is 14.5. The Morgan fingerprint density at radius 1 is 1.08 bits per heavy atom. The number of aliphatic hydroxyl groups excluding tert-OH is 1. The van der Waals surface area contributed by atoms with Crippen molar-refractivity contribution in [2.24, 2.45) is 11.3 Å². The molecule has 13 heteroatoms. The number of aliphatic carboxylic acids is 1. The fourth-order valence-electron chi connectivity index (χ4n) is 6.74. The third kappa shape index (κ3) is 9.25. The number of β-amino-alcohol motifs (C(OH)–C–C–N with tert-alkyl or cyclic N) is 1. The summed E-state index contributed by atoms with van der Waals surface area (Å²) in [6, 6.07) is 7.81. The van der Waals surface area contributed by atoms with Crippen molar-refractivity contribution in [1.29, 1.82) is 0 Å². The number of hydrogen-bond acceptors (Lipinski definition) is 9. The van der Waals surface area contributed by atoms with Gasteiger partial charge in [0.1, 0.15) is 12.1 Å². The van der Waals surface area contributed by atoms with Crippen LogP contribution in [0.5, 0.6) is 0 Å². The molecule has 0 unspecified atom stereocenters. The van der Waals surface area contributed by atoms with E-state index in [9.17, 15) is 24.3 Å². The highest BCUT2D eigenvalue weighted by atomic mass is 32.1. The van der Waals surface area contributed by atoms with Gasteiger partial charge in [-0.25, -0.2) is 4.98 Å². The van der Waals surface area contributed by atoms with E-state index in [0.29, 0.717) is 17.9 Å². The molecule has 0 radical (unpaired) electrons. The van der Waals surface area contributed by atoms with Crippen LogP contribution in [-0.2, 0) is 20.9 Å². The molecule has 0 bridgehead atoms. The lowest BCUT2D eigenvalue weighted by Crippen LogP contribution is -2.57. The lowest BCUT2D eigenvalue weighted by Gasteiger charge is -2.35. The smallest absolute Gasteiger partial charge is 0.303 e. The number of piperidine rings is 1. The summed E-state index contributed by atoms with van der Waals surface area (Å²) in [5.41, 5.74) is 5.17. The molecule has 0 aliphatic carbocycles. The van der Waals surface area contributed by atoms with Crippen molar-refractivity contribution in [2.45, 2.75) is 91.0 Å². The van der Waals surface area contributed by atoms with E-state index in [1.165, 1.54) is 11.1 Å². The molecule has 0 spiro atoms. The van der Waals surface area contributed by atoms with Gasteiger partial charge in [0.15, 0.2) is 0 Å². The summed E-state index contributed by atoms with van der Waals surface area (Å²) in [7, 11) is 0. The van der Waals surface area contributed by atoms with Gasteiger partial charge in [0.2, 0.25) is 11.8 Å². The number of carboxylic acid groups (broad SMARTS) is 1. The van der Waals surface area contributed by atoms with E-state index in [1.54, 1.807) is 23.6 Å². The maximum Gasteiger partial charge on any atom is 0.303 e. The molecule has 4 heterocycles. The summed E-state index contributed by atoms with van der Waals surface area (Å²) in [5, 5.41) is 25.4. The highest BCUT2D eigenvalue weighted by Gasteiger charge is 2.44. The molecule has 2 fully saturated rings. The maximum absolute atomic E-state index is 14.1. The van der Waals surface area contributed by atoms with Crippen molar-refractivity contribution in [3.63, 3.8) is 0 Å². The number of aryl methyl sites for hydroxylation is 1. The zero-order valence-electron chi connectivity index (χ0n) is 29.2. The highest BCUT2D eigenvalue weighted by Crippen LogP contribution is 2.30. The number of aliphatic hydroxyl groups is 1. The lowest BCUT2D eigenvalue weighted by molar-refractivity contribution is -0.142. The van der Waals surface area contributed by atoms with Crippen LogP contribution in [-0.4, -0.2) is 86.6 Å². The molecule has 3 amide bonds.